The maximum Gasteiger partial charge on any atom is 0.331 e. The summed E-state index contributed by atoms with van der Waals surface area (Å²) >= 11 is 0. The lowest BCUT2D eigenvalue weighted by atomic mass is 10.2. The molecule has 0 spiro atoms. The number of carbonyl (C=O) groups is 2. The van der Waals surface area contributed by atoms with Crippen LogP contribution in [0.2, 0.25) is 0 Å². The van der Waals surface area contributed by atoms with E-state index in [4.69, 9.17) is 18.9 Å². The van der Waals surface area contributed by atoms with Gasteiger partial charge in [0.25, 0.3) is 5.91 Å². The largest absolute Gasteiger partial charge is 0.490 e. The highest BCUT2D eigenvalue weighted by Gasteiger charge is 2.12. The Labute approximate surface area is 200 Å². The van der Waals surface area contributed by atoms with Crippen molar-refractivity contribution in [2.24, 2.45) is 0 Å². The fourth-order valence-corrected chi connectivity index (χ4v) is 3.35. The van der Waals surface area contributed by atoms with Crippen molar-refractivity contribution in [1.29, 1.82) is 0 Å². The highest BCUT2D eigenvalue weighted by molar-refractivity contribution is 5.94. The third-order valence-corrected chi connectivity index (χ3v) is 5.01. The van der Waals surface area contributed by atoms with Crippen LogP contribution in [0.4, 0.5) is 11.4 Å². The van der Waals surface area contributed by atoms with Crippen molar-refractivity contribution in [3.63, 3.8) is 0 Å². The van der Waals surface area contributed by atoms with Crippen LogP contribution in [0, 0.1) is 0 Å². The van der Waals surface area contributed by atoms with Crippen LogP contribution in [0.1, 0.15) is 25.8 Å². The number of nitrogens with one attached hydrogen (secondary N) is 1. The second kappa shape index (κ2) is 13.3. The summed E-state index contributed by atoms with van der Waals surface area (Å²) in [5.74, 6) is 0.266. The molecular weight excluding hydrogens is 436 g/mol. The minimum atomic E-state index is -0.609. The van der Waals surface area contributed by atoms with Crippen molar-refractivity contribution >= 4 is 29.3 Å². The lowest BCUT2D eigenvalue weighted by Gasteiger charge is -2.28. The minimum Gasteiger partial charge on any atom is -0.490 e. The predicted molar refractivity (Wildman–Crippen MR) is 131 cm³/mol. The first-order chi connectivity index (χ1) is 16.6. The molecule has 0 bridgehead atoms. The van der Waals surface area contributed by atoms with Gasteiger partial charge < -0.3 is 29.2 Å². The van der Waals surface area contributed by atoms with Crippen molar-refractivity contribution in [3.05, 3.63) is 54.1 Å². The van der Waals surface area contributed by atoms with Crippen LogP contribution in [-0.4, -0.2) is 58.0 Å². The fraction of sp³-hybridized carbons (Fsp3) is 0.385. The zero-order chi connectivity index (χ0) is 24.2. The van der Waals surface area contributed by atoms with Gasteiger partial charge in [-0.3, -0.25) is 4.79 Å². The maximum atomic E-state index is 12.1. The molecule has 2 aromatic carbocycles. The second-order valence-electron chi connectivity index (χ2n) is 7.62. The molecule has 0 saturated carbocycles. The summed E-state index contributed by atoms with van der Waals surface area (Å²) in [5, 5.41) is 2.73. The number of carbonyl (C=O) groups excluding carboxylic acids is 2. The quantitative estimate of drug-likeness (QED) is 0.395. The fourth-order valence-electron chi connectivity index (χ4n) is 3.35. The molecule has 0 aromatic heterocycles. The maximum absolute atomic E-state index is 12.1. The van der Waals surface area contributed by atoms with E-state index in [-0.39, 0.29) is 6.61 Å². The molecular formula is C26H32N2O6. The van der Waals surface area contributed by atoms with Gasteiger partial charge in [-0.25, -0.2) is 4.79 Å². The van der Waals surface area contributed by atoms with E-state index in [1.807, 2.05) is 50.2 Å². The Hall–Kier alpha value is -3.52. The predicted octanol–water partition coefficient (Wildman–Crippen LogP) is 3.91. The highest BCUT2D eigenvalue weighted by atomic mass is 16.5. The first-order valence-corrected chi connectivity index (χ1v) is 11.6. The minimum absolute atomic E-state index is 0.373. The van der Waals surface area contributed by atoms with Gasteiger partial charge in [0.15, 0.2) is 18.1 Å². The van der Waals surface area contributed by atoms with Gasteiger partial charge in [0.05, 0.1) is 26.4 Å². The number of hydrogen-bond donors (Lipinski definition) is 1. The number of esters is 1. The SMILES string of the molecule is CCCOc1ccc(/C=C/C(=O)OCC(=O)Nc2ccc(N3CCOCC3)cc2)cc1OCC. The zero-order valence-corrected chi connectivity index (χ0v) is 19.7. The van der Waals surface area contributed by atoms with Crippen LogP contribution in [-0.2, 0) is 19.1 Å². The summed E-state index contributed by atoms with van der Waals surface area (Å²) in [5.41, 5.74) is 2.48. The summed E-state index contributed by atoms with van der Waals surface area (Å²) < 4.78 is 21.7. The first kappa shape index (κ1) is 25.1. The average molecular weight is 469 g/mol. The van der Waals surface area contributed by atoms with Crippen LogP contribution in [0.25, 0.3) is 6.08 Å². The summed E-state index contributed by atoms with van der Waals surface area (Å²) in [7, 11) is 0. The number of morpholine rings is 1. The molecule has 1 aliphatic heterocycles. The van der Waals surface area contributed by atoms with E-state index in [2.05, 4.69) is 10.2 Å². The molecule has 1 saturated heterocycles. The van der Waals surface area contributed by atoms with Crippen LogP contribution >= 0.6 is 0 Å². The Bertz CT molecular complexity index is 968. The van der Waals surface area contributed by atoms with E-state index in [1.54, 1.807) is 12.1 Å². The zero-order valence-electron chi connectivity index (χ0n) is 19.7. The van der Waals surface area contributed by atoms with Gasteiger partial charge in [0.2, 0.25) is 0 Å². The van der Waals surface area contributed by atoms with Crippen LogP contribution < -0.4 is 19.7 Å². The molecule has 34 heavy (non-hydrogen) atoms. The molecule has 182 valence electrons. The van der Waals surface area contributed by atoms with Crippen molar-refractivity contribution < 1.29 is 28.5 Å². The van der Waals surface area contributed by atoms with Crippen LogP contribution in [0.5, 0.6) is 11.5 Å². The number of rotatable bonds is 11. The smallest absolute Gasteiger partial charge is 0.331 e. The monoisotopic (exact) mass is 468 g/mol. The normalized spacial score (nSPS) is 13.5. The van der Waals surface area contributed by atoms with Crippen molar-refractivity contribution in [2.75, 3.05) is 56.3 Å². The molecule has 1 N–H and O–H groups in total. The Kier molecular flexibility index (Phi) is 9.79. The number of ether oxygens (including phenoxy) is 4. The number of nitrogens with zero attached hydrogens (tertiary/aromatic N) is 1. The third-order valence-electron chi connectivity index (χ3n) is 5.01. The molecule has 0 aliphatic carbocycles. The molecule has 1 fully saturated rings. The third kappa shape index (κ3) is 7.81. The molecule has 2 aromatic rings. The summed E-state index contributed by atoms with van der Waals surface area (Å²) in [6.45, 7) is 7.78. The van der Waals surface area contributed by atoms with Gasteiger partial charge in [0.1, 0.15) is 0 Å². The van der Waals surface area contributed by atoms with Gasteiger partial charge in [-0.2, -0.15) is 0 Å². The number of hydrogen-bond acceptors (Lipinski definition) is 7. The highest BCUT2D eigenvalue weighted by Crippen LogP contribution is 2.29. The van der Waals surface area contributed by atoms with Crippen LogP contribution in [0.3, 0.4) is 0 Å². The lowest BCUT2D eigenvalue weighted by molar-refractivity contribution is -0.142. The molecule has 0 atom stereocenters. The topological polar surface area (TPSA) is 86.3 Å². The van der Waals surface area contributed by atoms with Crippen LogP contribution in [0.15, 0.2) is 48.5 Å². The van der Waals surface area contributed by atoms with Crippen molar-refractivity contribution in [3.8, 4) is 11.5 Å². The van der Waals surface area contributed by atoms with Gasteiger partial charge in [-0.05, 0) is 61.4 Å². The molecule has 0 unspecified atom stereocenters. The Morgan fingerprint density at radius 2 is 1.79 bits per heavy atom. The van der Waals surface area contributed by atoms with E-state index in [9.17, 15) is 9.59 Å². The first-order valence-electron chi connectivity index (χ1n) is 11.6. The van der Waals surface area contributed by atoms with Gasteiger partial charge in [-0.15, -0.1) is 0 Å². The summed E-state index contributed by atoms with van der Waals surface area (Å²) in [6.07, 6.45) is 3.78. The molecule has 0 radical (unpaired) electrons. The Morgan fingerprint density at radius 1 is 1.03 bits per heavy atom. The van der Waals surface area contributed by atoms with Gasteiger partial charge in [-0.1, -0.05) is 13.0 Å². The molecule has 8 nitrogen and oxygen atoms in total. The molecule has 1 heterocycles. The molecule has 1 amide bonds. The van der Waals surface area contributed by atoms with Crippen molar-refractivity contribution in [1.82, 2.24) is 0 Å². The molecule has 3 rings (SSSR count). The standard InChI is InChI=1S/C26H32N2O6/c1-3-15-33-23-11-5-20(18-24(23)32-4-2)6-12-26(30)34-19-25(29)27-21-7-9-22(10-8-21)28-13-16-31-17-14-28/h5-12,18H,3-4,13-17,19H2,1-2H3,(H,27,29)/b12-6+. The second-order valence-corrected chi connectivity index (χ2v) is 7.62. The number of benzene rings is 2. The summed E-state index contributed by atoms with van der Waals surface area (Å²) in [4.78, 5) is 26.4. The van der Waals surface area contributed by atoms with E-state index in [1.165, 1.54) is 6.08 Å². The van der Waals surface area contributed by atoms with E-state index in [0.29, 0.717) is 43.6 Å². The van der Waals surface area contributed by atoms with Gasteiger partial charge in [0, 0.05) is 30.5 Å². The summed E-state index contributed by atoms with van der Waals surface area (Å²) in [6, 6.07) is 13.0. The molecule has 8 heteroatoms. The number of amides is 1. The lowest BCUT2D eigenvalue weighted by Crippen LogP contribution is -2.36. The van der Waals surface area contributed by atoms with Gasteiger partial charge >= 0.3 is 5.97 Å². The van der Waals surface area contributed by atoms with E-state index < -0.39 is 11.9 Å². The average Bonchev–Trinajstić information content (AvgIpc) is 2.87. The van der Waals surface area contributed by atoms with Crippen molar-refractivity contribution in [2.45, 2.75) is 20.3 Å². The number of anilines is 2. The Morgan fingerprint density at radius 3 is 2.50 bits per heavy atom. The Balaban J connectivity index is 1.46. The van der Waals surface area contributed by atoms with E-state index in [0.717, 1.165) is 30.8 Å². The van der Waals surface area contributed by atoms with E-state index >= 15 is 0 Å². The molecule has 1 aliphatic rings.